The molecule has 2 heterocycles. The average molecular weight is 508 g/mol. The lowest BCUT2D eigenvalue weighted by Crippen LogP contribution is -2.43. The number of amides is 1. The van der Waals surface area contributed by atoms with E-state index in [9.17, 15) is 23.1 Å². The summed E-state index contributed by atoms with van der Waals surface area (Å²) in [5.74, 6) is -1.71. The molecule has 0 atom stereocenters. The summed E-state index contributed by atoms with van der Waals surface area (Å²) in [5.41, 5.74) is 2.19. The van der Waals surface area contributed by atoms with Gasteiger partial charge >= 0.3 is 18.2 Å². The van der Waals surface area contributed by atoms with Crippen LogP contribution < -0.4 is 15.5 Å². The highest BCUT2D eigenvalue weighted by atomic mass is 19.4. The standard InChI is InChI=1S/C21H22N4O4.C2HF3O2/c1-28-21(27)23-16-8-7-15(14-5-3-2-4-6-14)20(26)19(16)17-13-18(24-29-17)25-11-9-22-10-12-25;3-2(4,5)1(6)7/h2-8,13,22,26H,9-12H2,1H3,(H,23,27);(H,6,7). The summed E-state index contributed by atoms with van der Waals surface area (Å²) in [6.07, 6.45) is -5.72. The lowest BCUT2D eigenvalue weighted by Gasteiger charge is -2.26. The maximum atomic E-state index is 11.8. The second kappa shape index (κ2) is 11.4. The Balaban J connectivity index is 0.000000454. The van der Waals surface area contributed by atoms with Gasteiger partial charge in [0.2, 0.25) is 0 Å². The lowest BCUT2D eigenvalue weighted by atomic mass is 9.98. The number of alkyl halides is 3. The van der Waals surface area contributed by atoms with E-state index in [0.29, 0.717) is 28.4 Å². The topological polar surface area (TPSA) is 137 Å². The number of carbonyl (C=O) groups is 2. The number of carbonyl (C=O) groups excluding carboxylic acids is 1. The van der Waals surface area contributed by atoms with Gasteiger partial charge in [-0.1, -0.05) is 35.5 Å². The van der Waals surface area contributed by atoms with Crippen LogP contribution >= 0.6 is 0 Å². The molecule has 10 nitrogen and oxygen atoms in total. The van der Waals surface area contributed by atoms with Crippen LogP contribution in [0.4, 0.5) is 29.5 Å². The van der Waals surface area contributed by atoms with E-state index >= 15 is 0 Å². The highest BCUT2D eigenvalue weighted by molar-refractivity contribution is 5.96. The fourth-order valence-corrected chi connectivity index (χ4v) is 3.38. The van der Waals surface area contributed by atoms with Crippen molar-refractivity contribution in [2.45, 2.75) is 6.18 Å². The molecule has 36 heavy (non-hydrogen) atoms. The lowest BCUT2D eigenvalue weighted by molar-refractivity contribution is -0.192. The number of phenolic OH excluding ortho intramolecular Hbond substituents is 1. The number of benzene rings is 2. The molecule has 1 aromatic heterocycles. The molecule has 0 bridgehead atoms. The molecule has 0 spiro atoms. The number of methoxy groups -OCH3 is 1. The van der Waals surface area contributed by atoms with E-state index < -0.39 is 18.2 Å². The van der Waals surface area contributed by atoms with Gasteiger partial charge in [-0.2, -0.15) is 13.2 Å². The van der Waals surface area contributed by atoms with Crippen LogP contribution in [-0.2, 0) is 9.53 Å². The van der Waals surface area contributed by atoms with Crippen molar-refractivity contribution in [2.75, 3.05) is 43.5 Å². The monoisotopic (exact) mass is 508 g/mol. The predicted molar refractivity (Wildman–Crippen MR) is 124 cm³/mol. The third kappa shape index (κ3) is 6.44. The Morgan fingerprint density at radius 1 is 1.14 bits per heavy atom. The van der Waals surface area contributed by atoms with Gasteiger partial charge in [-0.25, -0.2) is 9.59 Å². The second-order valence-electron chi connectivity index (χ2n) is 7.46. The molecular weight excluding hydrogens is 485 g/mol. The average Bonchev–Trinajstić information content (AvgIpc) is 3.35. The number of halogens is 3. The zero-order chi connectivity index (χ0) is 26.3. The highest BCUT2D eigenvalue weighted by Gasteiger charge is 2.38. The van der Waals surface area contributed by atoms with E-state index in [1.165, 1.54) is 7.11 Å². The number of phenols is 1. The van der Waals surface area contributed by atoms with Gasteiger partial charge in [-0.15, -0.1) is 0 Å². The number of aromatic hydroxyl groups is 1. The Morgan fingerprint density at radius 2 is 1.78 bits per heavy atom. The molecule has 1 saturated heterocycles. The van der Waals surface area contributed by atoms with Crippen molar-refractivity contribution >= 4 is 23.6 Å². The van der Waals surface area contributed by atoms with Crippen molar-refractivity contribution in [1.82, 2.24) is 10.5 Å². The Kier molecular flexibility index (Phi) is 8.38. The number of aliphatic carboxylic acids is 1. The second-order valence-corrected chi connectivity index (χ2v) is 7.46. The first kappa shape index (κ1) is 26.3. The number of rotatable bonds is 4. The summed E-state index contributed by atoms with van der Waals surface area (Å²) in [6, 6.07) is 14.7. The molecule has 1 aliphatic rings. The fourth-order valence-electron chi connectivity index (χ4n) is 3.38. The van der Waals surface area contributed by atoms with Gasteiger partial charge in [0.15, 0.2) is 11.6 Å². The van der Waals surface area contributed by atoms with Gasteiger partial charge in [-0.3, -0.25) is 5.32 Å². The van der Waals surface area contributed by atoms with E-state index in [-0.39, 0.29) is 5.75 Å². The van der Waals surface area contributed by atoms with E-state index in [0.717, 1.165) is 31.7 Å². The van der Waals surface area contributed by atoms with E-state index in [4.69, 9.17) is 19.2 Å². The van der Waals surface area contributed by atoms with Crippen LogP contribution in [0, 0.1) is 0 Å². The van der Waals surface area contributed by atoms with E-state index in [1.54, 1.807) is 18.2 Å². The number of carboxylic acids is 1. The molecule has 0 aliphatic carbocycles. The van der Waals surface area contributed by atoms with Crippen molar-refractivity contribution in [1.29, 1.82) is 0 Å². The molecule has 1 aliphatic heterocycles. The van der Waals surface area contributed by atoms with Crippen molar-refractivity contribution in [3.8, 4) is 28.2 Å². The van der Waals surface area contributed by atoms with Crippen LogP contribution in [-0.4, -0.2) is 66.9 Å². The van der Waals surface area contributed by atoms with Crippen molar-refractivity contribution in [3.05, 3.63) is 48.5 Å². The first-order chi connectivity index (χ1) is 17.1. The number of ether oxygens (including phenoxy) is 1. The Morgan fingerprint density at radius 3 is 2.36 bits per heavy atom. The molecule has 4 rings (SSSR count). The summed E-state index contributed by atoms with van der Waals surface area (Å²) >= 11 is 0. The Hall–Kier alpha value is -4.26. The van der Waals surface area contributed by atoms with E-state index in [2.05, 4.69) is 20.7 Å². The smallest absolute Gasteiger partial charge is 0.490 e. The fraction of sp³-hybridized carbons (Fsp3) is 0.261. The SMILES string of the molecule is COC(=O)Nc1ccc(-c2ccccc2)c(O)c1-c1cc(N2CCNCC2)no1.O=C(O)C(F)(F)F. The summed E-state index contributed by atoms with van der Waals surface area (Å²) in [6.45, 7) is 3.36. The van der Waals surface area contributed by atoms with E-state index in [1.807, 2.05) is 30.3 Å². The first-order valence-corrected chi connectivity index (χ1v) is 10.6. The molecule has 0 radical (unpaired) electrons. The van der Waals surface area contributed by atoms with Crippen LogP contribution in [0.2, 0.25) is 0 Å². The Labute approximate surface area is 203 Å². The van der Waals surface area contributed by atoms with Crippen molar-refractivity contribution in [2.24, 2.45) is 0 Å². The number of hydrogen-bond acceptors (Lipinski definition) is 8. The number of nitrogens with zero attached hydrogens (tertiary/aromatic N) is 2. The van der Waals surface area contributed by atoms with Crippen LogP contribution in [0.25, 0.3) is 22.5 Å². The first-order valence-electron chi connectivity index (χ1n) is 10.6. The molecule has 1 amide bonds. The van der Waals surface area contributed by atoms with Crippen LogP contribution in [0.1, 0.15) is 0 Å². The normalized spacial score (nSPS) is 13.4. The van der Waals surface area contributed by atoms with Gasteiger partial charge in [-0.05, 0) is 17.7 Å². The molecule has 192 valence electrons. The molecule has 0 saturated carbocycles. The van der Waals surface area contributed by atoms with Crippen LogP contribution in [0.15, 0.2) is 53.1 Å². The van der Waals surface area contributed by atoms with Gasteiger partial charge in [0.05, 0.1) is 18.4 Å². The summed E-state index contributed by atoms with van der Waals surface area (Å²) < 4.78 is 42.0. The number of anilines is 2. The van der Waals surface area contributed by atoms with Crippen LogP contribution in [0.3, 0.4) is 0 Å². The van der Waals surface area contributed by atoms with Crippen molar-refractivity contribution < 1.29 is 42.2 Å². The number of aromatic nitrogens is 1. The number of hydrogen-bond donors (Lipinski definition) is 4. The maximum absolute atomic E-state index is 11.8. The largest absolute Gasteiger partial charge is 0.506 e. The van der Waals surface area contributed by atoms with Gasteiger partial charge in [0.1, 0.15) is 5.75 Å². The molecule has 1 fully saturated rings. The highest BCUT2D eigenvalue weighted by Crippen LogP contribution is 2.43. The molecule has 3 aromatic rings. The minimum Gasteiger partial charge on any atom is -0.506 e. The minimum atomic E-state index is -5.08. The molecule has 2 aromatic carbocycles. The molecule has 13 heteroatoms. The molecule has 4 N–H and O–H groups in total. The van der Waals surface area contributed by atoms with Gasteiger partial charge < -0.3 is 29.7 Å². The third-order valence-corrected chi connectivity index (χ3v) is 5.11. The zero-order valence-electron chi connectivity index (χ0n) is 19.0. The van der Waals surface area contributed by atoms with Crippen LogP contribution in [0.5, 0.6) is 5.75 Å². The number of carboxylic acid groups (broad SMARTS) is 1. The number of piperazine rings is 1. The quantitative estimate of drug-likeness (QED) is 0.413. The minimum absolute atomic E-state index is 0.00638. The summed E-state index contributed by atoms with van der Waals surface area (Å²) in [4.78, 5) is 22.8. The predicted octanol–water partition coefficient (Wildman–Crippen LogP) is 3.94. The molecule has 0 unspecified atom stereocenters. The molecular formula is C23H23F3N4O6. The summed E-state index contributed by atoms with van der Waals surface area (Å²) in [5, 5.41) is 28.3. The third-order valence-electron chi connectivity index (χ3n) is 5.11. The number of nitrogens with one attached hydrogen (secondary N) is 2. The Bertz CT molecular complexity index is 1190. The van der Waals surface area contributed by atoms with Crippen molar-refractivity contribution in [3.63, 3.8) is 0 Å². The van der Waals surface area contributed by atoms with Gasteiger partial charge in [0.25, 0.3) is 0 Å². The summed E-state index contributed by atoms with van der Waals surface area (Å²) in [7, 11) is 1.28. The maximum Gasteiger partial charge on any atom is 0.490 e. The van der Waals surface area contributed by atoms with Gasteiger partial charge in [0, 0.05) is 37.8 Å². The zero-order valence-corrected chi connectivity index (χ0v) is 19.0.